The second kappa shape index (κ2) is 10.3. The minimum Gasteiger partial charge on any atom is -0.341 e. The molecule has 2 saturated heterocycles. The monoisotopic (exact) mass is 607 g/mol. The van der Waals surface area contributed by atoms with Crippen molar-refractivity contribution in [2.45, 2.75) is 50.9 Å². The van der Waals surface area contributed by atoms with Crippen molar-refractivity contribution in [1.82, 2.24) is 14.8 Å². The van der Waals surface area contributed by atoms with E-state index in [9.17, 15) is 9.59 Å². The van der Waals surface area contributed by atoms with Gasteiger partial charge in [-0.25, -0.2) is 0 Å². The first-order chi connectivity index (χ1) is 16.4. The molecule has 0 radical (unpaired) electrons. The van der Waals surface area contributed by atoms with Crippen molar-refractivity contribution in [2.24, 2.45) is 5.92 Å². The van der Waals surface area contributed by atoms with E-state index in [0.717, 1.165) is 58.2 Å². The molecule has 0 N–H and O–H groups in total. The van der Waals surface area contributed by atoms with Crippen LogP contribution in [0.1, 0.15) is 60.4 Å². The van der Waals surface area contributed by atoms with Gasteiger partial charge in [0.15, 0.2) is 0 Å². The Balaban J connectivity index is 1.38. The molecule has 0 spiro atoms. The number of hydrogen-bond acceptors (Lipinski definition) is 3. The van der Waals surface area contributed by atoms with Crippen LogP contribution >= 0.6 is 43.5 Å². The second-order valence-corrected chi connectivity index (χ2v) is 11.8. The van der Waals surface area contributed by atoms with E-state index in [-0.39, 0.29) is 24.3 Å². The molecule has 2 aromatic rings. The number of fused-ring (bicyclic) bond motifs is 2. The summed E-state index contributed by atoms with van der Waals surface area (Å²) in [6.45, 7) is 2.36. The van der Waals surface area contributed by atoms with Gasteiger partial charge >= 0.3 is 0 Å². The standard InChI is InChI=1S/C26H28Br2ClN3O2/c27-19-11-18-5-4-17-12-20(29)13-21(28)24(17)25(26(18)30-14-19)16-6-9-31(10-7-16)23(34)15-32-8-2-1-3-22(32)33/h11-14,16,25H,1-10,15H2. The number of amides is 2. The van der Waals surface area contributed by atoms with Crippen molar-refractivity contribution >= 4 is 55.3 Å². The van der Waals surface area contributed by atoms with E-state index in [1.165, 1.54) is 16.7 Å². The summed E-state index contributed by atoms with van der Waals surface area (Å²) in [6.07, 6.45) is 8.07. The Morgan fingerprint density at radius 1 is 1.03 bits per heavy atom. The largest absolute Gasteiger partial charge is 0.341 e. The van der Waals surface area contributed by atoms with Gasteiger partial charge in [-0.05, 0) is 95.3 Å². The molecule has 0 saturated carbocycles. The zero-order valence-corrected chi connectivity index (χ0v) is 23.0. The molecule has 1 aromatic heterocycles. The third-order valence-corrected chi connectivity index (χ3v) is 8.84. The fourth-order valence-electron chi connectivity index (χ4n) is 5.80. The van der Waals surface area contributed by atoms with E-state index in [1.54, 1.807) is 4.90 Å². The number of aryl methyl sites for hydroxylation is 2. The second-order valence-electron chi connectivity index (χ2n) is 9.63. The summed E-state index contributed by atoms with van der Waals surface area (Å²) in [5.41, 5.74) is 5.00. The number of likely N-dealkylation sites (tertiary alicyclic amines) is 2. The van der Waals surface area contributed by atoms with E-state index in [1.807, 2.05) is 17.2 Å². The van der Waals surface area contributed by atoms with E-state index < -0.39 is 0 Å². The Labute approximate surface area is 222 Å². The Morgan fingerprint density at radius 3 is 2.56 bits per heavy atom. The van der Waals surface area contributed by atoms with Crippen molar-refractivity contribution in [3.05, 3.63) is 60.7 Å². The van der Waals surface area contributed by atoms with Gasteiger partial charge in [-0.3, -0.25) is 14.6 Å². The quantitative estimate of drug-likeness (QED) is 0.446. The van der Waals surface area contributed by atoms with Crippen LogP contribution in [0, 0.1) is 5.92 Å². The van der Waals surface area contributed by atoms with E-state index in [4.69, 9.17) is 16.6 Å². The summed E-state index contributed by atoms with van der Waals surface area (Å²) in [7, 11) is 0. The van der Waals surface area contributed by atoms with Crippen LogP contribution in [0.4, 0.5) is 0 Å². The molecule has 3 aliphatic rings. The van der Waals surface area contributed by atoms with Crippen LogP contribution < -0.4 is 0 Å². The zero-order chi connectivity index (χ0) is 23.8. The normalized spacial score (nSPS) is 21.1. The lowest BCUT2D eigenvalue weighted by molar-refractivity contribution is -0.142. The summed E-state index contributed by atoms with van der Waals surface area (Å²) in [4.78, 5) is 33.7. The minimum atomic E-state index is 0.0744. The summed E-state index contributed by atoms with van der Waals surface area (Å²) >= 11 is 13.8. The fraction of sp³-hybridized carbons (Fsp3) is 0.500. The number of carbonyl (C=O) groups is 2. The van der Waals surface area contributed by atoms with E-state index in [0.29, 0.717) is 32.0 Å². The van der Waals surface area contributed by atoms with Gasteiger partial charge in [-0.2, -0.15) is 0 Å². The Bertz CT molecular complexity index is 1120. The van der Waals surface area contributed by atoms with E-state index >= 15 is 0 Å². The maximum Gasteiger partial charge on any atom is 0.242 e. The third-order valence-electron chi connectivity index (χ3n) is 7.53. The number of carbonyl (C=O) groups excluding carboxylic acids is 2. The van der Waals surface area contributed by atoms with Crippen LogP contribution in [0.15, 0.2) is 33.3 Å². The number of benzene rings is 1. The van der Waals surface area contributed by atoms with Gasteiger partial charge in [0.1, 0.15) is 0 Å². The summed E-state index contributed by atoms with van der Waals surface area (Å²) < 4.78 is 2.04. The lowest BCUT2D eigenvalue weighted by atomic mass is 9.76. The number of hydrogen-bond donors (Lipinski definition) is 0. The molecule has 0 bridgehead atoms. The van der Waals surface area contributed by atoms with Crippen molar-refractivity contribution in [2.75, 3.05) is 26.2 Å². The van der Waals surface area contributed by atoms with Crippen molar-refractivity contribution in [3.63, 3.8) is 0 Å². The molecule has 34 heavy (non-hydrogen) atoms. The highest BCUT2D eigenvalue weighted by atomic mass is 79.9. The van der Waals surface area contributed by atoms with Crippen LogP contribution in [0.25, 0.3) is 0 Å². The van der Waals surface area contributed by atoms with Crippen molar-refractivity contribution in [1.29, 1.82) is 0 Å². The van der Waals surface area contributed by atoms with Crippen LogP contribution in [-0.4, -0.2) is 52.8 Å². The van der Waals surface area contributed by atoms with Crippen molar-refractivity contribution < 1.29 is 9.59 Å². The summed E-state index contributed by atoms with van der Waals surface area (Å²) in [5, 5.41) is 0.747. The first kappa shape index (κ1) is 24.3. The Kier molecular flexibility index (Phi) is 7.33. The third kappa shape index (κ3) is 4.93. The number of aromatic nitrogens is 1. The van der Waals surface area contributed by atoms with Gasteiger partial charge < -0.3 is 9.80 Å². The smallest absolute Gasteiger partial charge is 0.242 e. The molecule has 2 amide bonds. The molecule has 5 rings (SSSR count). The molecule has 1 aliphatic carbocycles. The van der Waals surface area contributed by atoms with Crippen LogP contribution in [-0.2, 0) is 22.4 Å². The predicted molar refractivity (Wildman–Crippen MR) is 140 cm³/mol. The average molecular weight is 610 g/mol. The molecule has 8 heteroatoms. The molecular formula is C26H28Br2ClN3O2. The lowest BCUT2D eigenvalue weighted by Crippen LogP contribution is -2.47. The van der Waals surface area contributed by atoms with Crippen LogP contribution in [0.3, 0.4) is 0 Å². The Morgan fingerprint density at radius 2 is 1.79 bits per heavy atom. The molecule has 2 aliphatic heterocycles. The van der Waals surface area contributed by atoms with Gasteiger partial charge in [0.2, 0.25) is 11.8 Å². The van der Waals surface area contributed by atoms with Gasteiger partial charge in [-0.15, -0.1) is 0 Å². The molecule has 5 nitrogen and oxygen atoms in total. The summed E-state index contributed by atoms with van der Waals surface area (Å²) in [6, 6.07) is 6.29. The average Bonchev–Trinajstić information content (AvgIpc) is 2.97. The fourth-order valence-corrected chi connectivity index (χ4v) is 7.30. The summed E-state index contributed by atoms with van der Waals surface area (Å²) in [5.74, 6) is 0.725. The highest BCUT2D eigenvalue weighted by molar-refractivity contribution is 9.10. The molecule has 3 heterocycles. The predicted octanol–water partition coefficient (Wildman–Crippen LogP) is 5.74. The highest BCUT2D eigenvalue weighted by Gasteiger charge is 2.36. The first-order valence-corrected chi connectivity index (χ1v) is 14.0. The Hall–Kier alpha value is -1.44. The highest BCUT2D eigenvalue weighted by Crippen LogP contribution is 2.46. The van der Waals surface area contributed by atoms with E-state index in [2.05, 4.69) is 44.0 Å². The molecule has 1 atom stereocenters. The van der Waals surface area contributed by atoms with Gasteiger partial charge in [0.05, 0.1) is 12.2 Å². The minimum absolute atomic E-state index is 0.0744. The molecule has 2 fully saturated rings. The maximum atomic E-state index is 13.0. The molecular weight excluding hydrogens is 582 g/mol. The van der Waals surface area contributed by atoms with Crippen molar-refractivity contribution in [3.8, 4) is 0 Å². The number of halogens is 3. The molecule has 1 unspecified atom stereocenters. The van der Waals surface area contributed by atoms with Crippen LogP contribution in [0.5, 0.6) is 0 Å². The zero-order valence-electron chi connectivity index (χ0n) is 19.0. The SMILES string of the molecule is O=C(CN1CCCCC1=O)N1CCC(C2c3ncc(Br)cc3CCc3cc(Cl)cc(Br)c32)CC1. The first-order valence-electron chi connectivity index (χ1n) is 12.1. The lowest BCUT2D eigenvalue weighted by Gasteiger charge is -2.38. The van der Waals surface area contributed by atoms with Gasteiger partial charge in [0.25, 0.3) is 0 Å². The van der Waals surface area contributed by atoms with Gasteiger partial charge in [0, 0.05) is 52.1 Å². The van der Waals surface area contributed by atoms with Crippen LogP contribution in [0.2, 0.25) is 5.02 Å². The number of pyridine rings is 1. The van der Waals surface area contributed by atoms with Gasteiger partial charge in [-0.1, -0.05) is 27.5 Å². The number of rotatable bonds is 3. The molecule has 1 aromatic carbocycles. The molecule has 180 valence electrons. The number of nitrogens with zero attached hydrogens (tertiary/aromatic N) is 3. The topological polar surface area (TPSA) is 53.5 Å². The number of piperidine rings is 2. The maximum absolute atomic E-state index is 13.0.